The molecule has 0 aromatic heterocycles. The Morgan fingerprint density at radius 1 is 1.30 bits per heavy atom. The van der Waals surface area contributed by atoms with E-state index in [1.165, 1.54) is 6.07 Å². The number of nitrogens with one attached hydrogen (secondary N) is 1. The monoisotopic (exact) mass is 305 g/mol. The molecule has 6 heteroatoms. The Kier molecular flexibility index (Phi) is 5.57. The van der Waals surface area contributed by atoms with Crippen molar-refractivity contribution in [2.24, 2.45) is 0 Å². The van der Waals surface area contributed by atoms with Gasteiger partial charge in [0.05, 0.1) is 11.1 Å². The van der Waals surface area contributed by atoms with Gasteiger partial charge in [-0.1, -0.05) is 17.7 Å². The number of rotatable bonds is 5. The zero-order valence-corrected chi connectivity index (χ0v) is 11.7. The Labute approximate surface area is 121 Å². The van der Waals surface area contributed by atoms with Gasteiger partial charge in [-0.15, -0.1) is 0 Å². The third-order valence-corrected chi connectivity index (χ3v) is 3.80. The summed E-state index contributed by atoms with van der Waals surface area (Å²) in [5.41, 5.74) is 0.919. The number of hydrogen-bond acceptors (Lipinski definition) is 3. The molecule has 0 bridgehead atoms. The number of benzene rings is 1. The minimum Gasteiger partial charge on any atom is -0.433 e. The molecule has 112 valence electrons. The van der Waals surface area contributed by atoms with Crippen molar-refractivity contribution in [3.8, 4) is 5.75 Å². The summed E-state index contributed by atoms with van der Waals surface area (Å²) in [4.78, 5) is 0. The summed E-state index contributed by atoms with van der Waals surface area (Å²) in [6.07, 6.45) is 3.36. The van der Waals surface area contributed by atoms with Crippen LogP contribution in [0.4, 0.5) is 8.78 Å². The van der Waals surface area contributed by atoms with Crippen LogP contribution in [0.1, 0.15) is 31.2 Å². The lowest BCUT2D eigenvalue weighted by Gasteiger charge is -2.26. The Bertz CT molecular complexity index is 437. The smallest absolute Gasteiger partial charge is 0.387 e. The van der Waals surface area contributed by atoms with Crippen LogP contribution in [0.15, 0.2) is 18.2 Å². The fraction of sp³-hybridized carbons (Fsp3) is 0.571. The van der Waals surface area contributed by atoms with Crippen molar-refractivity contribution in [2.45, 2.75) is 51.0 Å². The Morgan fingerprint density at radius 2 is 2.00 bits per heavy atom. The Balaban J connectivity index is 1.85. The van der Waals surface area contributed by atoms with Crippen molar-refractivity contribution in [3.05, 3.63) is 28.8 Å². The van der Waals surface area contributed by atoms with Crippen LogP contribution in [-0.4, -0.2) is 23.9 Å². The molecule has 0 saturated heterocycles. The van der Waals surface area contributed by atoms with Crippen molar-refractivity contribution < 1.29 is 18.6 Å². The van der Waals surface area contributed by atoms with Gasteiger partial charge in [0.1, 0.15) is 5.75 Å². The maximum atomic E-state index is 12.1. The molecule has 1 aromatic carbocycles. The molecular formula is C14H18ClF2NO2. The van der Waals surface area contributed by atoms with Crippen LogP contribution in [0.2, 0.25) is 5.02 Å². The highest BCUT2D eigenvalue weighted by atomic mass is 35.5. The van der Waals surface area contributed by atoms with Gasteiger partial charge in [0.2, 0.25) is 0 Å². The first-order chi connectivity index (χ1) is 9.54. The van der Waals surface area contributed by atoms with E-state index in [-0.39, 0.29) is 16.9 Å². The molecule has 1 saturated carbocycles. The molecule has 0 heterocycles. The van der Waals surface area contributed by atoms with Gasteiger partial charge in [-0.3, -0.25) is 0 Å². The van der Waals surface area contributed by atoms with Gasteiger partial charge >= 0.3 is 6.61 Å². The molecule has 0 amide bonds. The topological polar surface area (TPSA) is 41.5 Å². The van der Waals surface area contributed by atoms with Gasteiger partial charge in [-0.2, -0.15) is 8.78 Å². The molecule has 20 heavy (non-hydrogen) atoms. The van der Waals surface area contributed by atoms with Crippen LogP contribution in [0.3, 0.4) is 0 Å². The number of hydrogen-bond donors (Lipinski definition) is 2. The molecule has 1 aliphatic rings. The number of ether oxygens (including phenoxy) is 1. The van der Waals surface area contributed by atoms with Crippen LogP contribution < -0.4 is 10.1 Å². The fourth-order valence-electron chi connectivity index (χ4n) is 2.39. The highest BCUT2D eigenvalue weighted by Gasteiger charge is 2.18. The molecule has 0 atom stereocenters. The average Bonchev–Trinajstić information content (AvgIpc) is 2.40. The van der Waals surface area contributed by atoms with Gasteiger partial charge in [0.15, 0.2) is 0 Å². The standard InChI is InChI=1S/C14H18ClF2NO2/c15-12-7-9(1-6-13(12)20-14(16)17)8-18-10-2-4-11(19)5-3-10/h1,6-7,10-11,14,18-19H,2-5,8H2. The lowest BCUT2D eigenvalue weighted by Crippen LogP contribution is -2.34. The molecule has 1 aromatic rings. The Morgan fingerprint density at radius 3 is 2.60 bits per heavy atom. The van der Waals surface area contributed by atoms with Crippen molar-refractivity contribution in [1.82, 2.24) is 5.32 Å². The van der Waals surface area contributed by atoms with Crippen LogP contribution in [0.5, 0.6) is 5.75 Å². The lowest BCUT2D eigenvalue weighted by atomic mass is 9.93. The van der Waals surface area contributed by atoms with E-state index in [9.17, 15) is 13.9 Å². The largest absolute Gasteiger partial charge is 0.433 e. The van der Waals surface area contributed by atoms with Crippen LogP contribution in [-0.2, 0) is 6.54 Å². The van der Waals surface area contributed by atoms with E-state index in [1.54, 1.807) is 12.1 Å². The highest BCUT2D eigenvalue weighted by molar-refractivity contribution is 6.32. The first kappa shape index (κ1) is 15.5. The molecule has 3 nitrogen and oxygen atoms in total. The summed E-state index contributed by atoms with van der Waals surface area (Å²) in [7, 11) is 0. The van der Waals surface area contributed by atoms with Crippen LogP contribution in [0, 0.1) is 0 Å². The minimum atomic E-state index is -2.87. The van der Waals surface area contributed by atoms with Gasteiger partial charge in [-0.05, 0) is 43.4 Å². The quantitative estimate of drug-likeness (QED) is 0.877. The molecular weight excluding hydrogens is 288 g/mol. The van der Waals surface area contributed by atoms with E-state index in [4.69, 9.17) is 11.6 Å². The average molecular weight is 306 g/mol. The molecule has 1 aliphatic carbocycles. The number of aliphatic hydroxyl groups excluding tert-OH is 1. The van der Waals surface area contributed by atoms with Crippen molar-refractivity contribution in [2.75, 3.05) is 0 Å². The zero-order valence-electron chi connectivity index (χ0n) is 11.0. The van der Waals surface area contributed by atoms with Crippen LogP contribution >= 0.6 is 11.6 Å². The van der Waals surface area contributed by atoms with Gasteiger partial charge in [0, 0.05) is 12.6 Å². The number of aliphatic hydroxyl groups is 1. The predicted molar refractivity (Wildman–Crippen MR) is 73.2 cm³/mol. The summed E-state index contributed by atoms with van der Waals surface area (Å²) in [6, 6.07) is 5.18. The highest BCUT2D eigenvalue weighted by Crippen LogP contribution is 2.27. The maximum Gasteiger partial charge on any atom is 0.387 e. The number of halogens is 3. The van der Waals surface area contributed by atoms with E-state index in [0.717, 1.165) is 31.2 Å². The van der Waals surface area contributed by atoms with Crippen molar-refractivity contribution in [3.63, 3.8) is 0 Å². The lowest BCUT2D eigenvalue weighted by molar-refractivity contribution is -0.0497. The molecule has 0 unspecified atom stereocenters. The van der Waals surface area contributed by atoms with Gasteiger partial charge in [0.25, 0.3) is 0 Å². The summed E-state index contributed by atoms with van der Waals surface area (Å²) >= 11 is 5.89. The second-order valence-corrected chi connectivity index (χ2v) is 5.44. The first-order valence-electron chi connectivity index (χ1n) is 6.69. The summed E-state index contributed by atoms with van der Waals surface area (Å²) < 4.78 is 28.5. The second-order valence-electron chi connectivity index (χ2n) is 5.03. The molecule has 1 fully saturated rings. The third kappa shape index (κ3) is 4.58. The first-order valence-corrected chi connectivity index (χ1v) is 7.07. The van der Waals surface area contributed by atoms with E-state index < -0.39 is 6.61 Å². The molecule has 0 spiro atoms. The van der Waals surface area contributed by atoms with E-state index in [2.05, 4.69) is 10.1 Å². The minimum absolute atomic E-state index is 0.00814. The Hall–Kier alpha value is -0.910. The van der Waals surface area contributed by atoms with Gasteiger partial charge < -0.3 is 15.2 Å². The molecule has 2 N–H and O–H groups in total. The normalized spacial score (nSPS) is 23.1. The van der Waals surface area contributed by atoms with Crippen molar-refractivity contribution >= 4 is 11.6 Å². The van der Waals surface area contributed by atoms with E-state index >= 15 is 0 Å². The zero-order chi connectivity index (χ0) is 14.5. The van der Waals surface area contributed by atoms with E-state index in [0.29, 0.717) is 12.6 Å². The second kappa shape index (κ2) is 7.20. The number of alkyl halides is 2. The van der Waals surface area contributed by atoms with E-state index in [1.807, 2.05) is 0 Å². The summed E-state index contributed by atoms with van der Waals surface area (Å²) in [6.45, 7) is -2.25. The maximum absolute atomic E-state index is 12.1. The summed E-state index contributed by atoms with van der Waals surface area (Å²) in [5.74, 6) is -0.00814. The molecule has 0 radical (unpaired) electrons. The SMILES string of the molecule is OC1CCC(NCc2ccc(OC(F)F)c(Cl)c2)CC1. The van der Waals surface area contributed by atoms with Crippen molar-refractivity contribution in [1.29, 1.82) is 0 Å². The molecule has 2 rings (SSSR count). The summed E-state index contributed by atoms with van der Waals surface area (Å²) in [5, 5.41) is 13.0. The predicted octanol–water partition coefficient (Wildman–Crippen LogP) is 3.33. The molecule has 0 aliphatic heterocycles. The van der Waals surface area contributed by atoms with Gasteiger partial charge in [-0.25, -0.2) is 0 Å². The van der Waals surface area contributed by atoms with Crippen LogP contribution in [0.25, 0.3) is 0 Å². The fourth-order valence-corrected chi connectivity index (χ4v) is 2.64. The third-order valence-electron chi connectivity index (χ3n) is 3.50.